The molecular formula is C15H22ClNO. The number of methoxy groups -OCH3 is 1. The van der Waals surface area contributed by atoms with Gasteiger partial charge in [-0.1, -0.05) is 37.8 Å². The van der Waals surface area contributed by atoms with Gasteiger partial charge in [-0.3, -0.25) is 0 Å². The summed E-state index contributed by atoms with van der Waals surface area (Å²) in [5.74, 6) is 1.79. The molecule has 1 unspecified atom stereocenters. The van der Waals surface area contributed by atoms with Crippen molar-refractivity contribution in [3.63, 3.8) is 0 Å². The van der Waals surface area contributed by atoms with Crippen LogP contribution >= 0.6 is 11.6 Å². The van der Waals surface area contributed by atoms with Crippen molar-refractivity contribution in [1.82, 2.24) is 5.32 Å². The molecule has 3 heteroatoms. The van der Waals surface area contributed by atoms with E-state index in [0.717, 1.165) is 23.2 Å². The van der Waals surface area contributed by atoms with Gasteiger partial charge in [0.25, 0.3) is 0 Å². The van der Waals surface area contributed by atoms with Crippen molar-refractivity contribution in [2.75, 3.05) is 13.7 Å². The summed E-state index contributed by atoms with van der Waals surface area (Å²) in [6, 6.07) is 6.24. The maximum atomic E-state index is 6.12. The molecule has 0 bridgehead atoms. The van der Waals surface area contributed by atoms with Crippen molar-refractivity contribution in [1.29, 1.82) is 0 Å². The van der Waals surface area contributed by atoms with Crippen molar-refractivity contribution in [2.45, 2.75) is 38.6 Å². The van der Waals surface area contributed by atoms with Crippen LogP contribution in [0.5, 0.6) is 5.75 Å². The molecule has 1 aromatic rings. The number of benzene rings is 1. The van der Waals surface area contributed by atoms with E-state index in [9.17, 15) is 0 Å². The lowest BCUT2D eigenvalue weighted by Crippen LogP contribution is -2.26. The number of rotatable bonds is 6. The second-order valence-electron chi connectivity index (χ2n) is 5.03. The average Bonchev–Trinajstić information content (AvgIpc) is 2.32. The summed E-state index contributed by atoms with van der Waals surface area (Å²) in [6.07, 6.45) is 5.30. The number of ether oxygens (including phenoxy) is 1. The second-order valence-corrected chi connectivity index (χ2v) is 5.47. The van der Waals surface area contributed by atoms with Crippen LogP contribution in [0.25, 0.3) is 0 Å². The molecule has 1 aliphatic rings. The third-order valence-corrected chi connectivity index (χ3v) is 4.05. The summed E-state index contributed by atoms with van der Waals surface area (Å²) in [5, 5.41) is 4.34. The molecule has 0 saturated heterocycles. The predicted molar refractivity (Wildman–Crippen MR) is 76.4 cm³/mol. The predicted octanol–water partition coefficient (Wildman–Crippen LogP) is 4.19. The van der Waals surface area contributed by atoms with Crippen molar-refractivity contribution >= 4 is 11.6 Å². The van der Waals surface area contributed by atoms with Gasteiger partial charge in [-0.25, -0.2) is 0 Å². The van der Waals surface area contributed by atoms with E-state index in [2.05, 4.69) is 12.2 Å². The van der Waals surface area contributed by atoms with E-state index in [4.69, 9.17) is 16.3 Å². The van der Waals surface area contributed by atoms with Crippen LogP contribution in [0.15, 0.2) is 18.2 Å². The molecule has 2 rings (SSSR count). The first-order valence-corrected chi connectivity index (χ1v) is 7.19. The minimum Gasteiger partial charge on any atom is -0.496 e. The van der Waals surface area contributed by atoms with Crippen LogP contribution in [0.2, 0.25) is 5.02 Å². The lowest BCUT2D eigenvalue weighted by Gasteiger charge is -2.31. The summed E-state index contributed by atoms with van der Waals surface area (Å²) in [4.78, 5) is 0. The zero-order chi connectivity index (χ0) is 13.0. The first-order valence-electron chi connectivity index (χ1n) is 6.81. The molecule has 0 aliphatic heterocycles. The van der Waals surface area contributed by atoms with Gasteiger partial charge >= 0.3 is 0 Å². The Morgan fingerprint density at radius 1 is 1.44 bits per heavy atom. The van der Waals surface area contributed by atoms with Gasteiger partial charge in [-0.05, 0) is 37.1 Å². The fourth-order valence-corrected chi connectivity index (χ4v) is 2.79. The number of hydrogen-bond acceptors (Lipinski definition) is 2. The van der Waals surface area contributed by atoms with Gasteiger partial charge in [0.2, 0.25) is 0 Å². The highest BCUT2D eigenvalue weighted by molar-refractivity contribution is 6.30. The first kappa shape index (κ1) is 13.7. The lowest BCUT2D eigenvalue weighted by molar-refractivity contribution is 0.259. The largest absolute Gasteiger partial charge is 0.496 e. The Kier molecular flexibility index (Phi) is 4.90. The third kappa shape index (κ3) is 3.18. The van der Waals surface area contributed by atoms with Crippen molar-refractivity contribution in [3.05, 3.63) is 28.8 Å². The van der Waals surface area contributed by atoms with Gasteiger partial charge in [0, 0.05) is 16.6 Å². The number of nitrogens with one attached hydrogen (secondary N) is 1. The molecule has 1 fully saturated rings. The van der Waals surface area contributed by atoms with E-state index >= 15 is 0 Å². The van der Waals surface area contributed by atoms with Crippen molar-refractivity contribution in [3.8, 4) is 5.75 Å². The Bertz CT molecular complexity index is 390. The molecule has 1 aliphatic carbocycles. The zero-order valence-corrected chi connectivity index (χ0v) is 12.0. The van der Waals surface area contributed by atoms with Crippen LogP contribution in [0, 0.1) is 5.92 Å². The Hall–Kier alpha value is -0.730. The first-order chi connectivity index (χ1) is 8.74. The highest BCUT2D eigenvalue weighted by atomic mass is 35.5. The van der Waals surface area contributed by atoms with E-state index in [1.165, 1.54) is 31.2 Å². The zero-order valence-electron chi connectivity index (χ0n) is 11.2. The molecule has 1 atom stereocenters. The van der Waals surface area contributed by atoms with Gasteiger partial charge in [-0.15, -0.1) is 0 Å². The smallest absolute Gasteiger partial charge is 0.123 e. The molecule has 18 heavy (non-hydrogen) atoms. The minimum atomic E-state index is 0.356. The molecular weight excluding hydrogens is 246 g/mol. The van der Waals surface area contributed by atoms with Crippen molar-refractivity contribution < 1.29 is 4.74 Å². The summed E-state index contributed by atoms with van der Waals surface area (Å²) < 4.78 is 5.46. The normalized spacial score (nSPS) is 17.3. The van der Waals surface area contributed by atoms with Gasteiger partial charge in [0.05, 0.1) is 7.11 Å². The standard InChI is InChI=1S/C15H22ClNO/c1-3-17-14(9-11-5-4-6-11)13-10-12(16)7-8-15(13)18-2/h7-8,10-11,14,17H,3-6,9H2,1-2H3. The molecule has 100 valence electrons. The maximum Gasteiger partial charge on any atom is 0.123 e. The van der Waals surface area contributed by atoms with E-state index in [1.807, 2.05) is 18.2 Å². The van der Waals surface area contributed by atoms with Crippen LogP contribution in [-0.4, -0.2) is 13.7 Å². The molecule has 1 saturated carbocycles. The Morgan fingerprint density at radius 3 is 2.78 bits per heavy atom. The average molecular weight is 268 g/mol. The third-order valence-electron chi connectivity index (χ3n) is 3.81. The van der Waals surface area contributed by atoms with E-state index < -0.39 is 0 Å². The molecule has 0 aromatic heterocycles. The van der Waals surface area contributed by atoms with Crippen LogP contribution in [0.3, 0.4) is 0 Å². The molecule has 0 amide bonds. The maximum absolute atomic E-state index is 6.12. The Morgan fingerprint density at radius 2 is 2.22 bits per heavy atom. The van der Waals surface area contributed by atoms with Crippen LogP contribution in [0.1, 0.15) is 44.2 Å². The number of hydrogen-bond donors (Lipinski definition) is 1. The molecule has 0 heterocycles. The van der Waals surface area contributed by atoms with Crippen LogP contribution in [0.4, 0.5) is 0 Å². The molecule has 1 aromatic carbocycles. The Labute approximate surface area is 115 Å². The van der Waals surface area contributed by atoms with Gasteiger partial charge < -0.3 is 10.1 Å². The summed E-state index contributed by atoms with van der Waals surface area (Å²) in [7, 11) is 1.72. The molecule has 0 spiro atoms. The highest BCUT2D eigenvalue weighted by Gasteiger charge is 2.24. The van der Waals surface area contributed by atoms with Crippen molar-refractivity contribution in [2.24, 2.45) is 5.92 Å². The topological polar surface area (TPSA) is 21.3 Å². The minimum absolute atomic E-state index is 0.356. The Balaban J connectivity index is 2.19. The molecule has 0 radical (unpaired) electrons. The molecule has 1 N–H and O–H groups in total. The SMILES string of the molecule is CCNC(CC1CCC1)c1cc(Cl)ccc1OC. The summed E-state index contributed by atoms with van der Waals surface area (Å²) in [5.41, 5.74) is 1.19. The van der Waals surface area contributed by atoms with E-state index in [-0.39, 0.29) is 0 Å². The second kappa shape index (κ2) is 6.44. The highest BCUT2D eigenvalue weighted by Crippen LogP contribution is 2.38. The summed E-state index contributed by atoms with van der Waals surface area (Å²) in [6.45, 7) is 3.11. The quantitative estimate of drug-likeness (QED) is 0.834. The van der Waals surface area contributed by atoms with Crippen LogP contribution < -0.4 is 10.1 Å². The van der Waals surface area contributed by atoms with E-state index in [1.54, 1.807) is 7.11 Å². The number of halogens is 1. The monoisotopic (exact) mass is 267 g/mol. The van der Waals surface area contributed by atoms with Gasteiger partial charge in [-0.2, -0.15) is 0 Å². The summed E-state index contributed by atoms with van der Waals surface area (Å²) >= 11 is 6.12. The fourth-order valence-electron chi connectivity index (χ4n) is 2.61. The fraction of sp³-hybridized carbons (Fsp3) is 0.600. The molecule has 2 nitrogen and oxygen atoms in total. The van der Waals surface area contributed by atoms with Gasteiger partial charge in [0.1, 0.15) is 5.75 Å². The van der Waals surface area contributed by atoms with E-state index in [0.29, 0.717) is 6.04 Å². The van der Waals surface area contributed by atoms with Gasteiger partial charge in [0.15, 0.2) is 0 Å². The lowest BCUT2D eigenvalue weighted by atomic mass is 9.79. The van der Waals surface area contributed by atoms with Crippen LogP contribution in [-0.2, 0) is 0 Å².